The molecule has 148 valence electrons. The van der Waals surface area contributed by atoms with Crippen LogP contribution in [0, 0.1) is 5.82 Å². The maximum atomic E-state index is 14.8. The van der Waals surface area contributed by atoms with Crippen LogP contribution in [0.1, 0.15) is 11.1 Å². The molecule has 0 aromatic heterocycles. The van der Waals surface area contributed by atoms with Gasteiger partial charge >= 0.3 is 0 Å². The topological polar surface area (TPSA) is 30.5 Å². The SMILES string of the molecule is Fc1cc2c(c(-c3ccccc3)c1Cl)C[C@](c1ccccc1)(C1COCCN1)O2. The van der Waals surface area contributed by atoms with Crippen LogP contribution in [0.3, 0.4) is 0 Å². The van der Waals surface area contributed by atoms with Crippen molar-refractivity contribution in [1.82, 2.24) is 5.32 Å². The zero-order chi connectivity index (χ0) is 19.8. The van der Waals surface area contributed by atoms with Crippen LogP contribution < -0.4 is 10.1 Å². The fraction of sp³-hybridized carbons (Fsp3) is 0.250. The third-order valence-corrected chi connectivity index (χ3v) is 6.20. The summed E-state index contributed by atoms with van der Waals surface area (Å²) in [5, 5.41) is 3.68. The van der Waals surface area contributed by atoms with Crippen molar-refractivity contribution in [3.63, 3.8) is 0 Å². The largest absolute Gasteiger partial charge is 0.480 e. The molecule has 2 aliphatic rings. The van der Waals surface area contributed by atoms with Gasteiger partial charge in [0.2, 0.25) is 0 Å². The van der Waals surface area contributed by atoms with E-state index in [-0.39, 0.29) is 11.1 Å². The number of rotatable bonds is 3. The minimum atomic E-state index is -0.690. The molecule has 3 nitrogen and oxygen atoms in total. The Labute approximate surface area is 174 Å². The van der Waals surface area contributed by atoms with Gasteiger partial charge in [-0.3, -0.25) is 0 Å². The van der Waals surface area contributed by atoms with Crippen LogP contribution in [-0.2, 0) is 16.8 Å². The first-order valence-corrected chi connectivity index (χ1v) is 10.2. The monoisotopic (exact) mass is 409 g/mol. The Bertz CT molecular complexity index is 1020. The summed E-state index contributed by atoms with van der Waals surface area (Å²) in [6.07, 6.45) is 0.581. The Morgan fingerprint density at radius 1 is 1.03 bits per heavy atom. The van der Waals surface area contributed by atoms with Gasteiger partial charge in [0, 0.05) is 30.2 Å². The van der Waals surface area contributed by atoms with Crippen LogP contribution >= 0.6 is 11.6 Å². The number of halogens is 2. The number of hydrogen-bond acceptors (Lipinski definition) is 3. The fourth-order valence-corrected chi connectivity index (χ4v) is 4.73. The minimum absolute atomic E-state index is 0.0588. The van der Waals surface area contributed by atoms with Crippen LogP contribution in [0.15, 0.2) is 66.7 Å². The summed E-state index contributed by atoms with van der Waals surface area (Å²) < 4.78 is 27.1. The zero-order valence-electron chi connectivity index (χ0n) is 15.8. The molecule has 3 aromatic rings. The van der Waals surface area contributed by atoms with Gasteiger partial charge in [0.1, 0.15) is 11.6 Å². The van der Waals surface area contributed by atoms with Crippen LogP contribution in [0.25, 0.3) is 11.1 Å². The summed E-state index contributed by atoms with van der Waals surface area (Å²) in [6.45, 7) is 1.95. The number of hydrogen-bond donors (Lipinski definition) is 1. The third kappa shape index (κ3) is 3.12. The van der Waals surface area contributed by atoms with E-state index in [9.17, 15) is 4.39 Å². The molecule has 0 bridgehead atoms. The predicted molar refractivity (Wildman–Crippen MR) is 112 cm³/mol. The molecule has 1 fully saturated rings. The highest BCUT2D eigenvalue weighted by Crippen LogP contribution is 2.50. The van der Waals surface area contributed by atoms with E-state index >= 15 is 0 Å². The van der Waals surface area contributed by atoms with Crippen molar-refractivity contribution >= 4 is 11.6 Å². The van der Waals surface area contributed by atoms with E-state index in [0.29, 0.717) is 30.9 Å². The van der Waals surface area contributed by atoms with Crippen molar-refractivity contribution in [2.24, 2.45) is 0 Å². The lowest BCUT2D eigenvalue weighted by atomic mass is 9.81. The van der Waals surface area contributed by atoms with E-state index in [2.05, 4.69) is 17.4 Å². The summed E-state index contributed by atoms with van der Waals surface area (Å²) in [5.41, 5.74) is 2.86. The standard InChI is InChI=1S/C24H21ClFNO2/c25-23-19(26)13-20-18(22(23)16-7-3-1-4-8-16)14-24(29-20,17-9-5-2-6-10-17)21-15-28-12-11-27-21/h1-10,13,21,27H,11-12,14-15H2/t21?,24-/m0/s1. The van der Waals surface area contributed by atoms with Crippen LogP contribution in [0.4, 0.5) is 4.39 Å². The van der Waals surface area contributed by atoms with Gasteiger partial charge in [-0.1, -0.05) is 72.3 Å². The molecule has 1 N–H and O–H groups in total. The van der Waals surface area contributed by atoms with E-state index in [0.717, 1.165) is 23.2 Å². The molecule has 3 aromatic carbocycles. The first-order chi connectivity index (χ1) is 14.2. The Hall–Kier alpha value is -2.40. The molecule has 1 saturated heterocycles. The van der Waals surface area contributed by atoms with Crippen molar-refractivity contribution < 1.29 is 13.9 Å². The lowest BCUT2D eigenvalue weighted by Gasteiger charge is -2.39. The maximum absolute atomic E-state index is 14.8. The summed E-state index contributed by atoms with van der Waals surface area (Å²) in [4.78, 5) is 0. The molecule has 29 heavy (non-hydrogen) atoms. The molecule has 0 radical (unpaired) electrons. The number of fused-ring (bicyclic) bond motifs is 1. The zero-order valence-corrected chi connectivity index (χ0v) is 16.6. The van der Waals surface area contributed by atoms with Gasteiger partial charge in [0.15, 0.2) is 5.60 Å². The van der Waals surface area contributed by atoms with E-state index < -0.39 is 11.4 Å². The Kier molecular flexibility index (Phi) is 4.78. The quantitative estimate of drug-likeness (QED) is 0.662. The van der Waals surface area contributed by atoms with E-state index in [1.165, 1.54) is 6.07 Å². The second-order valence-corrected chi connectivity index (χ2v) is 7.88. The number of benzene rings is 3. The highest BCUT2D eigenvalue weighted by molar-refractivity contribution is 6.33. The summed E-state index contributed by atoms with van der Waals surface area (Å²) in [5.74, 6) is 0.0722. The molecule has 0 spiro atoms. The predicted octanol–water partition coefficient (Wildman–Crippen LogP) is 4.96. The lowest BCUT2D eigenvalue weighted by molar-refractivity contribution is -0.0260. The highest BCUT2D eigenvalue weighted by Gasteiger charge is 2.49. The highest BCUT2D eigenvalue weighted by atomic mass is 35.5. The van der Waals surface area contributed by atoms with Crippen molar-refractivity contribution in [3.05, 3.63) is 88.7 Å². The molecular formula is C24H21ClFNO2. The molecule has 2 heterocycles. The summed E-state index contributed by atoms with van der Waals surface area (Å²) >= 11 is 6.47. The first-order valence-electron chi connectivity index (χ1n) is 9.81. The van der Waals surface area contributed by atoms with E-state index in [1.807, 2.05) is 48.5 Å². The number of ether oxygens (including phenoxy) is 2. The van der Waals surface area contributed by atoms with Gasteiger partial charge in [-0.15, -0.1) is 0 Å². The van der Waals surface area contributed by atoms with Gasteiger partial charge in [-0.25, -0.2) is 4.39 Å². The second-order valence-electron chi connectivity index (χ2n) is 7.51. The third-order valence-electron chi connectivity index (χ3n) is 5.83. The van der Waals surface area contributed by atoms with E-state index in [4.69, 9.17) is 21.1 Å². The second kappa shape index (κ2) is 7.45. The van der Waals surface area contributed by atoms with Crippen LogP contribution in [-0.4, -0.2) is 25.8 Å². The molecule has 0 saturated carbocycles. The van der Waals surface area contributed by atoms with Gasteiger partial charge < -0.3 is 14.8 Å². The molecule has 2 aliphatic heterocycles. The molecule has 0 amide bonds. The molecule has 0 aliphatic carbocycles. The molecule has 5 rings (SSSR count). The van der Waals surface area contributed by atoms with Gasteiger partial charge in [0.25, 0.3) is 0 Å². The smallest absolute Gasteiger partial charge is 0.156 e. The maximum Gasteiger partial charge on any atom is 0.156 e. The van der Waals surface area contributed by atoms with Gasteiger partial charge in [0.05, 0.1) is 24.3 Å². The molecule has 1 unspecified atom stereocenters. The summed E-state index contributed by atoms with van der Waals surface area (Å²) in [6, 6.07) is 21.1. The Morgan fingerprint density at radius 2 is 1.76 bits per heavy atom. The van der Waals surface area contributed by atoms with E-state index in [1.54, 1.807) is 0 Å². The average Bonchev–Trinajstić information content (AvgIpc) is 3.16. The Balaban J connectivity index is 1.68. The minimum Gasteiger partial charge on any atom is -0.480 e. The number of morpholine rings is 1. The van der Waals surface area contributed by atoms with Crippen molar-refractivity contribution in [2.45, 2.75) is 18.1 Å². The van der Waals surface area contributed by atoms with Crippen LogP contribution in [0.2, 0.25) is 5.02 Å². The first kappa shape index (κ1) is 18.6. The Morgan fingerprint density at radius 3 is 2.45 bits per heavy atom. The molecular weight excluding hydrogens is 389 g/mol. The number of nitrogens with one attached hydrogen (secondary N) is 1. The fourth-order valence-electron chi connectivity index (χ4n) is 4.45. The van der Waals surface area contributed by atoms with Gasteiger partial charge in [-0.2, -0.15) is 0 Å². The molecule has 5 heteroatoms. The normalized spacial score (nSPS) is 23.4. The average molecular weight is 410 g/mol. The summed E-state index contributed by atoms with van der Waals surface area (Å²) in [7, 11) is 0. The molecule has 2 atom stereocenters. The van der Waals surface area contributed by atoms with Crippen LogP contribution in [0.5, 0.6) is 5.75 Å². The van der Waals surface area contributed by atoms with Crippen molar-refractivity contribution in [3.8, 4) is 16.9 Å². The van der Waals surface area contributed by atoms with Crippen molar-refractivity contribution in [1.29, 1.82) is 0 Å². The van der Waals surface area contributed by atoms with Crippen molar-refractivity contribution in [2.75, 3.05) is 19.8 Å². The lowest BCUT2D eigenvalue weighted by Crippen LogP contribution is -2.57. The van der Waals surface area contributed by atoms with Gasteiger partial charge in [-0.05, 0) is 11.1 Å².